The zero-order valence-electron chi connectivity index (χ0n) is 17.7. The number of nitrogens with one attached hydrogen (secondary N) is 1. The molecule has 5 nitrogen and oxygen atoms in total. The van der Waals surface area contributed by atoms with Crippen molar-refractivity contribution in [2.75, 3.05) is 37.6 Å². The van der Waals surface area contributed by atoms with Crippen molar-refractivity contribution in [2.45, 2.75) is 12.2 Å². The van der Waals surface area contributed by atoms with Crippen LogP contribution in [0.5, 0.6) is 0 Å². The molecule has 1 amide bonds. The number of rotatable bonds is 6. The van der Waals surface area contributed by atoms with Crippen LogP contribution >= 0.6 is 0 Å². The predicted molar refractivity (Wildman–Crippen MR) is 115 cm³/mol. The Kier molecular flexibility index (Phi) is 6.69. The fourth-order valence-electron chi connectivity index (χ4n) is 4.05. The van der Waals surface area contributed by atoms with Gasteiger partial charge in [-0.15, -0.1) is 0 Å². The van der Waals surface area contributed by atoms with Crippen molar-refractivity contribution in [3.63, 3.8) is 0 Å². The summed E-state index contributed by atoms with van der Waals surface area (Å²) >= 11 is 0. The first-order valence-corrected chi connectivity index (χ1v) is 10.6. The summed E-state index contributed by atoms with van der Waals surface area (Å²) in [5.41, 5.74) is -0.461. The second-order valence-corrected chi connectivity index (χ2v) is 7.78. The van der Waals surface area contributed by atoms with Gasteiger partial charge in [-0.1, -0.05) is 12.1 Å². The predicted octanol–water partition coefficient (Wildman–Crippen LogP) is 4.73. The Morgan fingerprint density at radius 1 is 0.970 bits per heavy atom. The molecule has 0 radical (unpaired) electrons. The van der Waals surface area contributed by atoms with Gasteiger partial charge in [0.15, 0.2) is 0 Å². The molecule has 1 aliphatic rings. The molecule has 2 heterocycles. The minimum absolute atomic E-state index is 0.0923. The van der Waals surface area contributed by atoms with E-state index in [2.05, 4.69) is 15.1 Å². The Balaban J connectivity index is 1.44. The number of halogens is 4. The second-order valence-electron chi connectivity index (χ2n) is 7.78. The van der Waals surface area contributed by atoms with Crippen molar-refractivity contribution in [3.8, 4) is 0 Å². The van der Waals surface area contributed by atoms with Crippen LogP contribution in [0.4, 0.5) is 23.2 Å². The lowest BCUT2D eigenvalue weighted by molar-refractivity contribution is -0.137. The monoisotopic (exact) mass is 461 g/mol. The fraction of sp³-hybridized carbons (Fsp3) is 0.292. The summed E-state index contributed by atoms with van der Waals surface area (Å²) in [7, 11) is 0. The minimum Gasteiger partial charge on any atom is -0.468 e. The van der Waals surface area contributed by atoms with Gasteiger partial charge in [0.2, 0.25) is 0 Å². The molecule has 33 heavy (non-hydrogen) atoms. The van der Waals surface area contributed by atoms with E-state index in [-0.39, 0.29) is 18.4 Å². The molecular weight excluding hydrogens is 438 g/mol. The Morgan fingerprint density at radius 3 is 2.30 bits per heavy atom. The summed E-state index contributed by atoms with van der Waals surface area (Å²) in [4.78, 5) is 16.9. The third-order valence-electron chi connectivity index (χ3n) is 5.75. The number of alkyl halides is 3. The highest BCUT2D eigenvalue weighted by molar-refractivity contribution is 5.95. The molecule has 1 aromatic heterocycles. The molecule has 1 aliphatic heterocycles. The van der Waals surface area contributed by atoms with Crippen LogP contribution in [0.2, 0.25) is 0 Å². The van der Waals surface area contributed by atoms with Gasteiger partial charge in [-0.2, -0.15) is 13.2 Å². The average Bonchev–Trinajstić information content (AvgIpc) is 3.34. The molecule has 0 saturated carbocycles. The Bertz CT molecular complexity index is 1060. The number of piperazine rings is 1. The van der Waals surface area contributed by atoms with Gasteiger partial charge < -0.3 is 14.6 Å². The summed E-state index contributed by atoms with van der Waals surface area (Å²) in [5.74, 6) is -0.461. The largest absolute Gasteiger partial charge is 0.468 e. The molecule has 1 atom stereocenters. The van der Waals surface area contributed by atoms with E-state index in [0.29, 0.717) is 31.9 Å². The van der Waals surface area contributed by atoms with Gasteiger partial charge in [-0.25, -0.2) is 4.39 Å². The molecule has 1 unspecified atom stereocenters. The highest BCUT2D eigenvalue weighted by atomic mass is 19.4. The number of benzene rings is 2. The van der Waals surface area contributed by atoms with Crippen LogP contribution in [0.3, 0.4) is 0 Å². The fourth-order valence-corrected chi connectivity index (χ4v) is 4.05. The number of anilines is 1. The Morgan fingerprint density at radius 2 is 1.67 bits per heavy atom. The van der Waals surface area contributed by atoms with Crippen LogP contribution in [0, 0.1) is 5.82 Å². The van der Waals surface area contributed by atoms with Crippen LogP contribution < -0.4 is 10.2 Å². The maximum atomic E-state index is 13.3. The van der Waals surface area contributed by atoms with E-state index in [1.807, 2.05) is 0 Å². The van der Waals surface area contributed by atoms with Gasteiger partial charge >= 0.3 is 6.18 Å². The number of nitrogens with zero attached hydrogens (tertiary/aromatic N) is 2. The van der Waals surface area contributed by atoms with Crippen molar-refractivity contribution in [3.05, 3.63) is 89.6 Å². The molecule has 174 valence electrons. The molecule has 1 N–H and O–H groups in total. The van der Waals surface area contributed by atoms with Crippen LogP contribution in [-0.2, 0) is 6.18 Å². The van der Waals surface area contributed by atoms with Crippen molar-refractivity contribution in [2.24, 2.45) is 0 Å². The SMILES string of the molecule is O=C(NCC(c1ccco1)N1CCN(c2ccc(F)cc2)CC1)c1ccccc1C(F)(F)F. The van der Waals surface area contributed by atoms with E-state index in [1.54, 1.807) is 24.3 Å². The molecule has 2 aromatic carbocycles. The summed E-state index contributed by atoms with van der Waals surface area (Å²) in [6.07, 6.45) is -3.09. The zero-order chi connectivity index (χ0) is 23.4. The molecule has 4 rings (SSSR count). The van der Waals surface area contributed by atoms with Crippen LogP contribution in [0.15, 0.2) is 71.3 Å². The van der Waals surface area contributed by atoms with Crippen LogP contribution in [0.25, 0.3) is 0 Å². The molecule has 0 bridgehead atoms. The Hall–Kier alpha value is -3.33. The zero-order valence-corrected chi connectivity index (χ0v) is 17.7. The van der Waals surface area contributed by atoms with Gasteiger partial charge in [0.25, 0.3) is 5.91 Å². The lowest BCUT2D eigenvalue weighted by Crippen LogP contribution is -2.50. The normalized spacial score (nSPS) is 15.9. The van der Waals surface area contributed by atoms with E-state index in [0.717, 1.165) is 11.8 Å². The van der Waals surface area contributed by atoms with E-state index < -0.39 is 23.2 Å². The first-order chi connectivity index (χ1) is 15.8. The third-order valence-corrected chi connectivity index (χ3v) is 5.75. The van der Waals surface area contributed by atoms with E-state index >= 15 is 0 Å². The van der Waals surface area contributed by atoms with Gasteiger partial charge in [-0.3, -0.25) is 9.69 Å². The number of amides is 1. The second kappa shape index (κ2) is 9.66. The maximum Gasteiger partial charge on any atom is 0.417 e. The van der Waals surface area contributed by atoms with E-state index in [4.69, 9.17) is 4.42 Å². The van der Waals surface area contributed by atoms with Crippen molar-refractivity contribution < 1.29 is 26.8 Å². The number of hydrogen-bond donors (Lipinski definition) is 1. The lowest BCUT2D eigenvalue weighted by Gasteiger charge is -2.39. The molecular formula is C24H23F4N3O2. The molecule has 9 heteroatoms. The number of carbonyl (C=O) groups excluding carboxylic acids is 1. The lowest BCUT2D eigenvalue weighted by atomic mass is 10.1. The first kappa shape index (κ1) is 22.8. The Labute approximate surface area is 188 Å². The highest BCUT2D eigenvalue weighted by Crippen LogP contribution is 2.32. The van der Waals surface area contributed by atoms with Gasteiger partial charge in [0.1, 0.15) is 11.6 Å². The summed E-state index contributed by atoms with van der Waals surface area (Å²) in [5, 5.41) is 2.65. The van der Waals surface area contributed by atoms with Crippen molar-refractivity contribution in [1.82, 2.24) is 10.2 Å². The molecule has 3 aromatic rings. The number of carbonyl (C=O) groups is 1. The molecule has 0 spiro atoms. The smallest absolute Gasteiger partial charge is 0.417 e. The van der Waals surface area contributed by atoms with Gasteiger partial charge in [0, 0.05) is 38.4 Å². The van der Waals surface area contributed by atoms with E-state index in [1.165, 1.54) is 36.6 Å². The first-order valence-electron chi connectivity index (χ1n) is 10.6. The summed E-state index contributed by atoms with van der Waals surface area (Å²) in [6.45, 7) is 2.71. The van der Waals surface area contributed by atoms with Crippen LogP contribution in [-0.4, -0.2) is 43.5 Å². The molecule has 0 aliphatic carbocycles. The van der Waals surface area contributed by atoms with E-state index in [9.17, 15) is 22.4 Å². The summed E-state index contributed by atoms with van der Waals surface area (Å²) < 4.78 is 58.6. The van der Waals surface area contributed by atoms with Crippen molar-refractivity contribution >= 4 is 11.6 Å². The maximum absolute atomic E-state index is 13.3. The van der Waals surface area contributed by atoms with Crippen molar-refractivity contribution in [1.29, 1.82) is 0 Å². The van der Waals surface area contributed by atoms with Crippen LogP contribution in [0.1, 0.15) is 27.7 Å². The standard InChI is InChI=1S/C24H23F4N3O2/c25-17-7-9-18(10-8-17)30-11-13-31(14-12-30)21(22-6-3-15-33-22)16-29-23(32)19-4-1-2-5-20(19)24(26,27)28/h1-10,15,21H,11-14,16H2,(H,29,32). The summed E-state index contributed by atoms with van der Waals surface area (Å²) in [6, 6.07) is 14.2. The minimum atomic E-state index is -4.62. The highest BCUT2D eigenvalue weighted by Gasteiger charge is 2.35. The molecule has 1 fully saturated rings. The number of furan rings is 1. The molecule has 1 saturated heterocycles. The quantitative estimate of drug-likeness (QED) is 0.540. The van der Waals surface area contributed by atoms with Gasteiger partial charge in [0.05, 0.1) is 23.4 Å². The third kappa shape index (κ3) is 5.36. The average molecular weight is 461 g/mol. The topological polar surface area (TPSA) is 48.7 Å². The number of hydrogen-bond acceptors (Lipinski definition) is 4. The van der Waals surface area contributed by atoms with Gasteiger partial charge in [-0.05, 0) is 48.5 Å².